The van der Waals surface area contributed by atoms with E-state index >= 15 is 0 Å². The van der Waals surface area contributed by atoms with E-state index in [4.69, 9.17) is 11.6 Å². The van der Waals surface area contributed by atoms with E-state index in [0.29, 0.717) is 5.15 Å². The first-order valence-corrected chi connectivity index (χ1v) is 7.08. The van der Waals surface area contributed by atoms with Crippen molar-refractivity contribution >= 4 is 27.5 Å². The smallest absolute Gasteiger partial charge is 0.136 e. The molecular formula is C14H14BrClN2. The van der Waals surface area contributed by atoms with Gasteiger partial charge < -0.3 is 0 Å². The Bertz CT molecular complexity index is 570. The third kappa shape index (κ3) is 2.90. The van der Waals surface area contributed by atoms with Crippen molar-refractivity contribution in [3.05, 3.63) is 45.3 Å². The molecule has 0 bridgehead atoms. The lowest BCUT2D eigenvalue weighted by atomic mass is 10.1. The second-order valence-electron chi connectivity index (χ2n) is 4.16. The molecular weight excluding hydrogens is 312 g/mol. The monoisotopic (exact) mass is 324 g/mol. The molecule has 1 aromatic carbocycles. The highest BCUT2D eigenvalue weighted by Crippen LogP contribution is 2.27. The Morgan fingerprint density at radius 3 is 2.72 bits per heavy atom. The summed E-state index contributed by atoms with van der Waals surface area (Å²) in [6.07, 6.45) is 1.86. The second kappa shape index (κ2) is 5.81. The molecule has 1 aromatic heterocycles. The van der Waals surface area contributed by atoms with Gasteiger partial charge in [-0.1, -0.05) is 46.6 Å². The van der Waals surface area contributed by atoms with Crippen LogP contribution < -0.4 is 0 Å². The molecule has 4 heteroatoms. The zero-order valence-corrected chi connectivity index (χ0v) is 12.7. The van der Waals surface area contributed by atoms with Gasteiger partial charge in [0.1, 0.15) is 11.0 Å². The summed E-state index contributed by atoms with van der Waals surface area (Å²) in [5.41, 5.74) is 2.90. The molecule has 18 heavy (non-hydrogen) atoms. The fourth-order valence-electron chi connectivity index (χ4n) is 1.79. The van der Waals surface area contributed by atoms with Gasteiger partial charge in [0.2, 0.25) is 0 Å². The Hall–Kier alpha value is -0.930. The molecule has 0 saturated carbocycles. The Balaban J connectivity index is 2.55. The maximum Gasteiger partial charge on any atom is 0.136 e. The average molecular weight is 326 g/mol. The molecule has 2 nitrogen and oxygen atoms in total. The highest BCUT2D eigenvalue weighted by Gasteiger charge is 2.11. The molecule has 2 rings (SSSR count). The van der Waals surface area contributed by atoms with E-state index in [1.165, 1.54) is 0 Å². The fraction of sp³-hybridized carbons (Fsp3) is 0.286. The summed E-state index contributed by atoms with van der Waals surface area (Å²) < 4.78 is 1.03. The summed E-state index contributed by atoms with van der Waals surface area (Å²) in [5, 5.41) is 0.545. The van der Waals surface area contributed by atoms with Gasteiger partial charge in [0.15, 0.2) is 0 Å². The van der Waals surface area contributed by atoms with Gasteiger partial charge >= 0.3 is 0 Å². The molecule has 94 valence electrons. The second-order valence-corrected chi connectivity index (χ2v) is 5.44. The van der Waals surface area contributed by atoms with Crippen LogP contribution in [0.2, 0.25) is 5.15 Å². The molecule has 0 radical (unpaired) electrons. The Labute approximate surface area is 121 Å². The maximum atomic E-state index is 6.18. The van der Waals surface area contributed by atoms with E-state index < -0.39 is 0 Å². The van der Waals surface area contributed by atoms with Crippen molar-refractivity contribution in [3.8, 4) is 11.3 Å². The van der Waals surface area contributed by atoms with Crippen LogP contribution in [0, 0.1) is 6.92 Å². The topological polar surface area (TPSA) is 25.8 Å². The van der Waals surface area contributed by atoms with Gasteiger partial charge in [-0.25, -0.2) is 9.97 Å². The van der Waals surface area contributed by atoms with Crippen molar-refractivity contribution in [2.75, 3.05) is 0 Å². The minimum atomic E-state index is 0.545. The first-order chi connectivity index (χ1) is 8.61. The van der Waals surface area contributed by atoms with E-state index in [1.54, 1.807) is 0 Å². The van der Waals surface area contributed by atoms with Gasteiger partial charge in [-0.05, 0) is 25.5 Å². The lowest BCUT2D eigenvalue weighted by Crippen LogP contribution is -2.00. The first-order valence-electron chi connectivity index (χ1n) is 5.90. The molecule has 0 saturated heterocycles. The van der Waals surface area contributed by atoms with Crippen LogP contribution >= 0.6 is 27.5 Å². The van der Waals surface area contributed by atoms with Crippen LogP contribution in [0.5, 0.6) is 0 Å². The highest BCUT2D eigenvalue weighted by molar-refractivity contribution is 9.10. The van der Waals surface area contributed by atoms with Gasteiger partial charge in [-0.2, -0.15) is 0 Å². The summed E-state index contributed by atoms with van der Waals surface area (Å²) in [6.45, 7) is 4.06. The van der Waals surface area contributed by atoms with Gasteiger partial charge in [0.05, 0.1) is 5.69 Å². The van der Waals surface area contributed by atoms with Crippen molar-refractivity contribution in [1.29, 1.82) is 0 Å². The van der Waals surface area contributed by atoms with Crippen LogP contribution in [0.3, 0.4) is 0 Å². The van der Waals surface area contributed by atoms with Crippen LogP contribution in [-0.2, 0) is 6.42 Å². The number of aryl methyl sites for hydroxylation is 1. The van der Waals surface area contributed by atoms with Gasteiger partial charge in [-0.3, -0.25) is 0 Å². The summed E-state index contributed by atoms with van der Waals surface area (Å²) in [7, 11) is 0. The summed E-state index contributed by atoms with van der Waals surface area (Å²) >= 11 is 9.66. The van der Waals surface area contributed by atoms with Crippen LogP contribution in [0.4, 0.5) is 0 Å². The molecule has 0 fully saturated rings. The molecule has 0 unspecified atom stereocenters. The predicted octanol–water partition coefficient (Wildman–Crippen LogP) is 4.82. The van der Waals surface area contributed by atoms with E-state index in [2.05, 4.69) is 32.8 Å². The number of benzene rings is 1. The third-order valence-corrected chi connectivity index (χ3v) is 3.57. The number of rotatable bonds is 3. The SMILES string of the molecule is CCCc1nc(Cl)c(C)c(-c2cccc(Br)c2)n1. The average Bonchev–Trinajstić information content (AvgIpc) is 2.34. The largest absolute Gasteiger partial charge is 0.233 e. The third-order valence-electron chi connectivity index (χ3n) is 2.70. The molecule has 0 aliphatic heterocycles. The maximum absolute atomic E-state index is 6.18. The summed E-state index contributed by atoms with van der Waals surface area (Å²) in [6, 6.07) is 8.07. The van der Waals surface area contributed by atoms with E-state index in [0.717, 1.165) is 40.0 Å². The van der Waals surface area contributed by atoms with E-state index in [9.17, 15) is 0 Å². The van der Waals surface area contributed by atoms with Crippen LogP contribution in [0.25, 0.3) is 11.3 Å². The Kier molecular flexibility index (Phi) is 4.36. The van der Waals surface area contributed by atoms with Crippen molar-refractivity contribution in [1.82, 2.24) is 9.97 Å². The van der Waals surface area contributed by atoms with Crippen molar-refractivity contribution < 1.29 is 0 Å². The number of hydrogen-bond acceptors (Lipinski definition) is 2. The van der Waals surface area contributed by atoms with E-state index in [1.807, 2.05) is 31.2 Å². The van der Waals surface area contributed by atoms with Crippen LogP contribution in [-0.4, -0.2) is 9.97 Å². The molecule has 1 heterocycles. The number of hydrogen-bond donors (Lipinski definition) is 0. The zero-order chi connectivity index (χ0) is 13.1. The first kappa shape index (κ1) is 13.5. The molecule has 0 aliphatic rings. The summed E-state index contributed by atoms with van der Waals surface area (Å²) in [5.74, 6) is 0.808. The normalized spacial score (nSPS) is 10.7. The fourth-order valence-corrected chi connectivity index (χ4v) is 2.37. The molecule has 0 amide bonds. The number of aromatic nitrogens is 2. The molecule has 2 aromatic rings. The van der Waals surface area contributed by atoms with Crippen LogP contribution in [0.15, 0.2) is 28.7 Å². The van der Waals surface area contributed by atoms with Crippen molar-refractivity contribution in [2.24, 2.45) is 0 Å². The molecule has 0 N–H and O–H groups in total. The lowest BCUT2D eigenvalue weighted by molar-refractivity contribution is 0.833. The quantitative estimate of drug-likeness (QED) is 0.756. The van der Waals surface area contributed by atoms with Gasteiger partial charge in [-0.15, -0.1) is 0 Å². The summed E-state index contributed by atoms with van der Waals surface area (Å²) in [4.78, 5) is 8.93. The van der Waals surface area contributed by atoms with Crippen molar-refractivity contribution in [3.63, 3.8) is 0 Å². The lowest BCUT2D eigenvalue weighted by Gasteiger charge is -2.09. The Morgan fingerprint density at radius 2 is 2.06 bits per heavy atom. The van der Waals surface area contributed by atoms with Crippen LogP contribution in [0.1, 0.15) is 24.7 Å². The number of nitrogens with zero attached hydrogens (tertiary/aromatic N) is 2. The predicted molar refractivity (Wildman–Crippen MR) is 78.9 cm³/mol. The minimum absolute atomic E-state index is 0.545. The number of halogens is 2. The molecule has 0 atom stereocenters. The Morgan fingerprint density at radius 1 is 1.28 bits per heavy atom. The van der Waals surface area contributed by atoms with Gasteiger partial charge in [0.25, 0.3) is 0 Å². The van der Waals surface area contributed by atoms with Crippen molar-refractivity contribution in [2.45, 2.75) is 26.7 Å². The highest BCUT2D eigenvalue weighted by atomic mass is 79.9. The minimum Gasteiger partial charge on any atom is -0.233 e. The van der Waals surface area contributed by atoms with E-state index in [-0.39, 0.29) is 0 Å². The van der Waals surface area contributed by atoms with Gasteiger partial charge in [0, 0.05) is 22.0 Å². The standard InChI is InChI=1S/C14H14BrClN2/c1-3-5-12-17-13(9(2)14(16)18-12)10-6-4-7-11(15)8-10/h4,6-8H,3,5H2,1-2H3. The molecule has 0 aliphatic carbocycles. The molecule has 0 spiro atoms. The zero-order valence-electron chi connectivity index (χ0n) is 10.4.